The van der Waals surface area contributed by atoms with Crippen molar-refractivity contribution in [2.75, 3.05) is 42.0 Å². The van der Waals surface area contributed by atoms with Gasteiger partial charge in [0.05, 0.1) is 49.8 Å². The average Bonchev–Trinajstić information content (AvgIpc) is 3.62. The number of esters is 1. The first-order valence-corrected chi connectivity index (χ1v) is 19.1. The maximum absolute atomic E-state index is 14.2. The molecule has 1 fully saturated rings. The number of nitrogens with one attached hydrogen (secondary N) is 3. The molecule has 0 radical (unpaired) electrons. The maximum Gasteiger partial charge on any atom is 0.328 e. The molecule has 1 unspecified atom stereocenters. The zero-order valence-corrected chi connectivity index (χ0v) is 34.1. The molecule has 3 N–H and O–H groups in total. The SMILES string of the molecule is CC[C@H](C)[C@@H]([C@@H](CC(=O)N1CCC[C@H]1[C@H](OC)[C@@H](C)C(=O)NC(Cc1ccccc1)C(=O)OC)OC)N(C)C(=O)[C@@H](NC(=O)[C@@H](NC)C(C)C)C(C)C. The summed E-state index contributed by atoms with van der Waals surface area (Å²) >= 11 is 0. The summed E-state index contributed by atoms with van der Waals surface area (Å²) in [5.74, 6) is -2.47. The normalized spacial score (nSPS) is 19.1. The zero-order chi connectivity index (χ0) is 40.0. The molecule has 0 aliphatic carbocycles. The molecule has 0 aromatic heterocycles. The van der Waals surface area contributed by atoms with Crippen molar-refractivity contribution in [3.63, 3.8) is 0 Å². The van der Waals surface area contributed by atoms with E-state index in [0.29, 0.717) is 13.0 Å². The van der Waals surface area contributed by atoms with E-state index >= 15 is 0 Å². The van der Waals surface area contributed by atoms with Crippen LogP contribution in [0, 0.1) is 23.7 Å². The van der Waals surface area contributed by atoms with Crippen LogP contribution in [-0.4, -0.2) is 124 Å². The number of benzene rings is 1. The zero-order valence-electron chi connectivity index (χ0n) is 34.1. The number of ether oxygens (including phenoxy) is 3. The Bertz CT molecular complexity index is 1330. The van der Waals surface area contributed by atoms with Crippen LogP contribution in [-0.2, 0) is 44.6 Å². The smallest absolute Gasteiger partial charge is 0.328 e. The molecule has 300 valence electrons. The number of rotatable bonds is 21. The van der Waals surface area contributed by atoms with Gasteiger partial charge in [-0.3, -0.25) is 19.2 Å². The lowest BCUT2D eigenvalue weighted by Crippen LogP contribution is -2.59. The first-order valence-electron chi connectivity index (χ1n) is 19.1. The van der Waals surface area contributed by atoms with Crippen LogP contribution in [0.2, 0.25) is 0 Å². The molecule has 1 saturated heterocycles. The monoisotopic (exact) mass is 745 g/mol. The summed E-state index contributed by atoms with van der Waals surface area (Å²) in [6.45, 7) is 14.0. The summed E-state index contributed by atoms with van der Waals surface area (Å²) in [7, 11) is 7.81. The molecular formula is C40H67N5O8. The Morgan fingerprint density at radius 3 is 2.02 bits per heavy atom. The predicted octanol–water partition coefficient (Wildman–Crippen LogP) is 3.19. The summed E-state index contributed by atoms with van der Waals surface area (Å²) in [6, 6.07) is 6.41. The van der Waals surface area contributed by atoms with Crippen LogP contribution in [0.4, 0.5) is 0 Å². The van der Waals surface area contributed by atoms with Crippen LogP contribution >= 0.6 is 0 Å². The van der Waals surface area contributed by atoms with E-state index < -0.39 is 48.3 Å². The van der Waals surface area contributed by atoms with Crippen LogP contribution in [0.15, 0.2) is 30.3 Å². The van der Waals surface area contributed by atoms with Crippen molar-refractivity contribution in [3.8, 4) is 0 Å². The molecule has 2 rings (SSSR count). The Morgan fingerprint density at radius 1 is 0.887 bits per heavy atom. The third-order valence-electron chi connectivity index (χ3n) is 10.8. The van der Waals surface area contributed by atoms with Crippen molar-refractivity contribution in [3.05, 3.63) is 35.9 Å². The molecule has 1 aromatic rings. The van der Waals surface area contributed by atoms with E-state index in [2.05, 4.69) is 16.0 Å². The van der Waals surface area contributed by atoms with E-state index in [0.717, 1.165) is 18.4 Å². The largest absolute Gasteiger partial charge is 0.467 e. The van der Waals surface area contributed by atoms with E-state index in [1.165, 1.54) is 14.2 Å². The Hall–Kier alpha value is -3.55. The van der Waals surface area contributed by atoms with Gasteiger partial charge in [0.2, 0.25) is 23.6 Å². The summed E-state index contributed by atoms with van der Waals surface area (Å²) < 4.78 is 16.9. The van der Waals surface area contributed by atoms with Gasteiger partial charge in [0.25, 0.3) is 0 Å². The van der Waals surface area contributed by atoms with E-state index in [9.17, 15) is 24.0 Å². The minimum absolute atomic E-state index is 0.00596. The number of likely N-dealkylation sites (N-methyl/N-ethyl adjacent to an activating group) is 2. The summed E-state index contributed by atoms with van der Waals surface area (Å²) in [6.07, 6.45) is 1.08. The highest BCUT2D eigenvalue weighted by atomic mass is 16.5. The molecule has 1 aliphatic heterocycles. The number of amides is 4. The van der Waals surface area contributed by atoms with Gasteiger partial charge in [0.15, 0.2) is 0 Å². The van der Waals surface area contributed by atoms with Crippen molar-refractivity contribution in [1.82, 2.24) is 25.8 Å². The Morgan fingerprint density at radius 2 is 1.51 bits per heavy atom. The number of hydrogen-bond acceptors (Lipinski definition) is 9. The molecule has 0 bridgehead atoms. The Kier molecular flexibility index (Phi) is 18.9. The third-order valence-corrected chi connectivity index (χ3v) is 10.8. The number of carbonyl (C=O) groups is 5. The summed E-state index contributed by atoms with van der Waals surface area (Å²) in [4.78, 5) is 71.2. The van der Waals surface area contributed by atoms with Crippen molar-refractivity contribution in [1.29, 1.82) is 0 Å². The number of hydrogen-bond donors (Lipinski definition) is 3. The second-order valence-electron chi connectivity index (χ2n) is 15.1. The third kappa shape index (κ3) is 12.2. The standard InChI is InChI=1S/C40H67N5O8/c1-13-26(6)35(44(9)39(49)34(25(4)5)43-38(48)33(41-8)24(2)3)31(51-10)23-32(46)45-21-17-20-30(45)36(52-11)27(7)37(47)42-29(40(50)53-12)22-28-18-15-14-16-19-28/h14-16,18-19,24-27,29-31,33-36,41H,13,17,20-23H2,1-12H3,(H,42,47)(H,43,48)/t26-,27+,29?,30-,31+,33-,34-,35-,36+/m0/s1. The highest BCUT2D eigenvalue weighted by Gasteiger charge is 2.43. The average molecular weight is 746 g/mol. The van der Waals surface area contributed by atoms with Crippen molar-refractivity contribution in [2.45, 2.75) is 123 Å². The number of methoxy groups -OCH3 is 3. The second-order valence-corrected chi connectivity index (χ2v) is 15.1. The fourth-order valence-electron chi connectivity index (χ4n) is 7.54. The number of carbonyl (C=O) groups excluding carboxylic acids is 5. The summed E-state index contributed by atoms with van der Waals surface area (Å²) in [5.41, 5.74) is 0.875. The van der Waals surface area contributed by atoms with Gasteiger partial charge in [0, 0.05) is 34.2 Å². The van der Waals surface area contributed by atoms with E-state index in [1.54, 1.807) is 37.9 Å². The maximum atomic E-state index is 14.2. The summed E-state index contributed by atoms with van der Waals surface area (Å²) in [5, 5.41) is 8.88. The Labute approximate surface area is 317 Å². The lowest BCUT2D eigenvalue weighted by molar-refractivity contribution is -0.148. The lowest BCUT2D eigenvalue weighted by atomic mass is 9.89. The first kappa shape index (κ1) is 45.6. The van der Waals surface area contributed by atoms with Crippen molar-refractivity contribution in [2.24, 2.45) is 23.7 Å². The molecule has 13 heteroatoms. The van der Waals surface area contributed by atoms with Gasteiger partial charge >= 0.3 is 5.97 Å². The molecular weight excluding hydrogens is 678 g/mol. The fourth-order valence-corrected chi connectivity index (χ4v) is 7.54. The molecule has 1 aromatic carbocycles. The minimum atomic E-state index is -0.889. The van der Waals surface area contributed by atoms with Crippen LogP contribution in [0.1, 0.15) is 79.7 Å². The quantitative estimate of drug-likeness (QED) is 0.161. The van der Waals surface area contributed by atoms with Gasteiger partial charge in [-0.05, 0) is 43.2 Å². The molecule has 0 spiro atoms. The first-order chi connectivity index (χ1) is 25.1. The van der Waals surface area contributed by atoms with E-state index in [1.807, 2.05) is 71.9 Å². The van der Waals surface area contributed by atoms with Crippen LogP contribution in [0.5, 0.6) is 0 Å². The van der Waals surface area contributed by atoms with Gasteiger partial charge < -0.3 is 40.0 Å². The van der Waals surface area contributed by atoms with Crippen LogP contribution < -0.4 is 16.0 Å². The van der Waals surface area contributed by atoms with E-state index in [-0.39, 0.29) is 60.3 Å². The molecule has 4 amide bonds. The lowest BCUT2D eigenvalue weighted by Gasteiger charge is -2.41. The van der Waals surface area contributed by atoms with Crippen molar-refractivity contribution >= 4 is 29.6 Å². The van der Waals surface area contributed by atoms with Gasteiger partial charge in [-0.2, -0.15) is 0 Å². The molecule has 53 heavy (non-hydrogen) atoms. The molecule has 1 heterocycles. The minimum Gasteiger partial charge on any atom is -0.467 e. The van der Waals surface area contributed by atoms with Gasteiger partial charge in [-0.25, -0.2) is 4.79 Å². The van der Waals surface area contributed by atoms with Crippen molar-refractivity contribution < 1.29 is 38.2 Å². The number of likely N-dealkylation sites (tertiary alicyclic amines) is 1. The van der Waals surface area contributed by atoms with Gasteiger partial charge in [0.1, 0.15) is 12.1 Å². The topological polar surface area (TPSA) is 156 Å². The molecule has 0 saturated carbocycles. The van der Waals surface area contributed by atoms with Crippen LogP contribution in [0.25, 0.3) is 0 Å². The highest BCUT2D eigenvalue weighted by Crippen LogP contribution is 2.30. The molecule has 9 atom stereocenters. The molecule has 13 nitrogen and oxygen atoms in total. The highest BCUT2D eigenvalue weighted by molar-refractivity contribution is 5.90. The van der Waals surface area contributed by atoms with Gasteiger partial charge in [-0.1, -0.05) is 85.2 Å². The Balaban J connectivity index is 2.27. The molecule has 1 aliphatic rings. The fraction of sp³-hybridized carbons (Fsp3) is 0.725. The number of nitrogens with zero attached hydrogens (tertiary/aromatic N) is 2. The second kappa shape index (κ2) is 22.0. The van der Waals surface area contributed by atoms with Crippen LogP contribution in [0.3, 0.4) is 0 Å². The van der Waals surface area contributed by atoms with Gasteiger partial charge in [-0.15, -0.1) is 0 Å². The van der Waals surface area contributed by atoms with E-state index in [4.69, 9.17) is 14.2 Å². The predicted molar refractivity (Wildman–Crippen MR) is 205 cm³/mol.